The molecule has 0 N–H and O–H groups in total. The maximum atomic E-state index is 12.4. The normalized spacial score (nSPS) is 14.0. The number of benzene rings is 1. The summed E-state index contributed by atoms with van der Waals surface area (Å²) in [7, 11) is 1.49. The number of aromatic nitrogens is 2. The SMILES string of the molecule is COc1cc(C=O)ccc1OCC(=O)N1CCN(c2ncccn2)CC1. The summed E-state index contributed by atoms with van der Waals surface area (Å²) in [6.07, 6.45) is 4.14. The molecule has 1 fully saturated rings. The fourth-order valence-electron chi connectivity index (χ4n) is 2.72. The summed E-state index contributed by atoms with van der Waals surface area (Å²) in [5.74, 6) is 1.44. The van der Waals surface area contributed by atoms with Crippen molar-refractivity contribution in [3.63, 3.8) is 0 Å². The van der Waals surface area contributed by atoms with Crippen LogP contribution in [0.25, 0.3) is 0 Å². The van der Waals surface area contributed by atoms with E-state index in [9.17, 15) is 9.59 Å². The summed E-state index contributed by atoms with van der Waals surface area (Å²) in [6, 6.07) is 6.59. The number of carbonyl (C=O) groups is 2. The highest BCUT2D eigenvalue weighted by Gasteiger charge is 2.23. The Labute approximate surface area is 151 Å². The number of hydrogen-bond donors (Lipinski definition) is 0. The minimum Gasteiger partial charge on any atom is -0.493 e. The van der Waals surface area contributed by atoms with E-state index < -0.39 is 0 Å². The van der Waals surface area contributed by atoms with Gasteiger partial charge in [0.15, 0.2) is 18.1 Å². The van der Waals surface area contributed by atoms with Gasteiger partial charge in [0, 0.05) is 44.1 Å². The van der Waals surface area contributed by atoms with Crippen molar-refractivity contribution < 1.29 is 19.1 Å². The van der Waals surface area contributed by atoms with Gasteiger partial charge in [0.2, 0.25) is 5.95 Å². The molecule has 136 valence electrons. The van der Waals surface area contributed by atoms with E-state index in [0.717, 1.165) is 6.29 Å². The van der Waals surface area contributed by atoms with Crippen molar-refractivity contribution in [1.82, 2.24) is 14.9 Å². The lowest BCUT2D eigenvalue weighted by molar-refractivity contribution is -0.133. The highest BCUT2D eigenvalue weighted by Crippen LogP contribution is 2.27. The molecular formula is C18H20N4O4. The van der Waals surface area contributed by atoms with E-state index in [-0.39, 0.29) is 12.5 Å². The van der Waals surface area contributed by atoms with E-state index in [1.54, 1.807) is 41.6 Å². The van der Waals surface area contributed by atoms with Gasteiger partial charge in [-0.2, -0.15) is 0 Å². The van der Waals surface area contributed by atoms with Crippen LogP contribution in [0.4, 0.5) is 5.95 Å². The van der Waals surface area contributed by atoms with Crippen LogP contribution in [-0.4, -0.2) is 67.0 Å². The van der Waals surface area contributed by atoms with Crippen LogP contribution in [0, 0.1) is 0 Å². The first kappa shape index (κ1) is 17.7. The number of rotatable bonds is 6. The standard InChI is InChI=1S/C18H20N4O4/c1-25-16-11-14(12-23)3-4-15(16)26-13-17(24)21-7-9-22(10-8-21)18-19-5-2-6-20-18/h2-6,11-12H,7-10,13H2,1H3. The Bertz CT molecular complexity index is 761. The van der Waals surface area contributed by atoms with Crippen LogP contribution < -0.4 is 14.4 Å². The summed E-state index contributed by atoms with van der Waals surface area (Å²) >= 11 is 0. The van der Waals surface area contributed by atoms with Crippen molar-refractivity contribution in [2.75, 3.05) is 44.8 Å². The molecule has 0 atom stereocenters. The second kappa shape index (κ2) is 8.28. The smallest absolute Gasteiger partial charge is 0.260 e. The minimum atomic E-state index is -0.0971. The molecule has 1 aromatic carbocycles. The third-order valence-electron chi connectivity index (χ3n) is 4.14. The van der Waals surface area contributed by atoms with E-state index in [1.807, 2.05) is 4.90 Å². The molecule has 1 amide bonds. The van der Waals surface area contributed by atoms with Crippen LogP contribution in [0.1, 0.15) is 10.4 Å². The molecule has 0 spiro atoms. The molecular weight excluding hydrogens is 336 g/mol. The Morgan fingerprint density at radius 3 is 2.54 bits per heavy atom. The van der Waals surface area contributed by atoms with Crippen molar-refractivity contribution >= 4 is 18.1 Å². The largest absolute Gasteiger partial charge is 0.493 e. The Kier molecular flexibility index (Phi) is 5.62. The van der Waals surface area contributed by atoms with Crippen molar-refractivity contribution in [3.05, 3.63) is 42.2 Å². The van der Waals surface area contributed by atoms with Gasteiger partial charge >= 0.3 is 0 Å². The number of amides is 1. The monoisotopic (exact) mass is 356 g/mol. The first-order valence-electron chi connectivity index (χ1n) is 8.27. The molecule has 3 rings (SSSR count). The van der Waals surface area contributed by atoms with Crippen molar-refractivity contribution in [3.8, 4) is 11.5 Å². The quantitative estimate of drug-likeness (QED) is 0.715. The summed E-state index contributed by atoms with van der Waals surface area (Å²) in [5.41, 5.74) is 0.486. The molecule has 0 bridgehead atoms. The van der Waals surface area contributed by atoms with E-state index in [0.29, 0.717) is 49.2 Å². The number of carbonyl (C=O) groups excluding carboxylic acids is 2. The Hall–Kier alpha value is -3.16. The molecule has 0 unspecified atom stereocenters. The number of aldehydes is 1. The van der Waals surface area contributed by atoms with E-state index in [1.165, 1.54) is 7.11 Å². The number of hydrogen-bond acceptors (Lipinski definition) is 7. The van der Waals surface area contributed by atoms with Crippen LogP contribution >= 0.6 is 0 Å². The summed E-state index contributed by atoms with van der Waals surface area (Å²) in [6.45, 7) is 2.43. The van der Waals surface area contributed by atoms with Crippen molar-refractivity contribution in [2.45, 2.75) is 0 Å². The molecule has 0 aliphatic carbocycles. The lowest BCUT2D eigenvalue weighted by Crippen LogP contribution is -2.50. The van der Waals surface area contributed by atoms with Gasteiger partial charge in [0.1, 0.15) is 6.29 Å². The Morgan fingerprint density at radius 1 is 1.15 bits per heavy atom. The van der Waals surface area contributed by atoms with E-state index in [4.69, 9.17) is 9.47 Å². The molecule has 1 aliphatic rings. The Morgan fingerprint density at radius 2 is 1.88 bits per heavy atom. The fraction of sp³-hybridized carbons (Fsp3) is 0.333. The molecule has 26 heavy (non-hydrogen) atoms. The number of nitrogens with zero attached hydrogens (tertiary/aromatic N) is 4. The molecule has 1 aromatic heterocycles. The van der Waals surface area contributed by atoms with Crippen molar-refractivity contribution in [1.29, 1.82) is 0 Å². The lowest BCUT2D eigenvalue weighted by atomic mass is 10.2. The number of anilines is 1. The Balaban J connectivity index is 1.53. The average molecular weight is 356 g/mol. The summed E-state index contributed by atoms with van der Waals surface area (Å²) < 4.78 is 10.8. The minimum absolute atomic E-state index is 0.0847. The summed E-state index contributed by atoms with van der Waals surface area (Å²) in [5, 5.41) is 0. The van der Waals surface area contributed by atoms with Crippen LogP contribution in [-0.2, 0) is 4.79 Å². The molecule has 0 radical (unpaired) electrons. The van der Waals surface area contributed by atoms with Crippen LogP contribution in [0.15, 0.2) is 36.7 Å². The van der Waals surface area contributed by atoms with Gasteiger partial charge in [-0.3, -0.25) is 9.59 Å². The molecule has 8 heteroatoms. The van der Waals surface area contributed by atoms with Crippen molar-refractivity contribution in [2.24, 2.45) is 0 Å². The highest BCUT2D eigenvalue weighted by molar-refractivity contribution is 5.79. The van der Waals surface area contributed by atoms with Gasteiger partial charge in [0.25, 0.3) is 5.91 Å². The van der Waals surface area contributed by atoms with Gasteiger partial charge < -0.3 is 19.3 Å². The molecule has 1 saturated heterocycles. The van der Waals surface area contributed by atoms with Crippen LogP contribution in [0.5, 0.6) is 11.5 Å². The number of ether oxygens (including phenoxy) is 2. The molecule has 2 heterocycles. The topological polar surface area (TPSA) is 84.9 Å². The van der Waals surface area contributed by atoms with Gasteiger partial charge in [-0.15, -0.1) is 0 Å². The fourth-order valence-corrected chi connectivity index (χ4v) is 2.72. The first-order chi connectivity index (χ1) is 12.7. The molecule has 2 aromatic rings. The van der Waals surface area contributed by atoms with Gasteiger partial charge in [0.05, 0.1) is 7.11 Å². The first-order valence-corrected chi connectivity index (χ1v) is 8.27. The summed E-state index contributed by atoms with van der Waals surface area (Å²) in [4.78, 5) is 35.5. The lowest BCUT2D eigenvalue weighted by Gasteiger charge is -2.34. The zero-order chi connectivity index (χ0) is 18.4. The third kappa shape index (κ3) is 4.08. The van der Waals surface area contributed by atoms with Gasteiger partial charge in [-0.1, -0.05) is 0 Å². The zero-order valence-corrected chi connectivity index (χ0v) is 14.5. The molecule has 8 nitrogen and oxygen atoms in total. The second-order valence-electron chi connectivity index (χ2n) is 5.73. The molecule has 1 aliphatic heterocycles. The van der Waals surface area contributed by atoms with Gasteiger partial charge in [-0.05, 0) is 24.3 Å². The number of piperazine rings is 1. The predicted molar refractivity (Wildman–Crippen MR) is 94.7 cm³/mol. The zero-order valence-electron chi connectivity index (χ0n) is 14.5. The van der Waals surface area contributed by atoms with Gasteiger partial charge in [-0.25, -0.2) is 9.97 Å². The van der Waals surface area contributed by atoms with Crippen LogP contribution in [0.3, 0.4) is 0 Å². The van der Waals surface area contributed by atoms with E-state index >= 15 is 0 Å². The highest BCUT2D eigenvalue weighted by atomic mass is 16.5. The second-order valence-corrected chi connectivity index (χ2v) is 5.73. The number of methoxy groups -OCH3 is 1. The predicted octanol–water partition coefficient (Wildman–Crippen LogP) is 1.03. The maximum absolute atomic E-state index is 12.4. The van der Waals surface area contributed by atoms with Crippen LogP contribution in [0.2, 0.25) is 0 Å². The average Bonchev–Trinajstić information content (AvgIpc) is 2.72. The maximum Gasteiger partial charge on any atom is 0.260 e. The molecule has 0 saturated carbocycles. The third-order valence-corrected chi connectivity index (χ3v) is 4.14. The van der Waals surface area contributed by atoms with E-state index in [2.05, 4.69) is 9.97 Å².